The van der Waals surface area contributed by atoms with Gasteiger partial charge in [-0.15, -0.1) is 11.3 Å². The lowest BCUT2D eigenvalue weighted by Crippen LogP contribution is -2.08. The molecule has 0 radical (unpaired) electrons. The second kappa shape index (κ2) is 4.33. The Balaban J connectivity index is 2.17. The van der Waals surface area contributed by atoms with Gasteiger partial charge in [0.2, 0.25) is 0 Å². The predicted octanol–water partition coefficient (Wildman–Crippen LogP) is 4.04. The molecule has 14 heavy (non-hydrogen) atoms. The number of aliphatic hydroxyl groups excluding tert-OH is 1. The van der Waals surface area contributed by atoms with E-state index in [-0.39, 0.29) is 6.10 Å². The molecule has 3 heteroatoms. The number of halogens is 1. The van der Waals surface area contributed by atoms with Crippen LogP contribution in [-0.4, -0.2) is 5.11 Å². The molecule has 1 N–H and O–H groups in total. The third kappa shape index (κ3) is 2.05. The van der Waals surface area contributed by atoms with Gasteiger partial charge in [-0.3, -0.25) is 0 Å². The summed E-state index contributed by atoms with van der Waals surface area (Å²) in [5, 5.41) is 10.2. The average molecular weight is 275 g/mol. The van der Waals surface area contributed by atoms with E-state index in [0.29, 0.717) is 5.92 Å². The summed E-state index contributed by atoms with van der Waals surface area (Å²) in [6.45, 7) is 2.09. The van der Waals surface area contributed by atoms with Gasteiger partial charge in [-0.1, -0.05) is 12.8 Å². The van der Waals surface area contributed by atoms with E-state index >= 15 is 0 Å². The molecule has 1 saturated carbocycles. The summed E-state index contributed by atoms with van der Waals surface area (Å²) >= 11 is 5.18. The number of aliphatic hydroxyl groups is 1. The van der Waals surface area contributed by atoms with Gasteiger partial charge in [0.15, 0.2) is 0 Å². The molecule has 1 fully saturated rings. The van der Waals surface area contributed by atoms with Crippen LogP contribution in [0.4, 0.5) is 0 Å². The first kappa shape index (κ1) is 10.7. The van der Waals surface area contributed by atoms with Gasteiger partial charge in [0.1, 0.15) is 0 Å². The van der Waals surface area contributed by atoms with E-state index in [1.165, 1.54) is 30.6 Å². The molecular weight excluding hydrogens is 260 g/mol. The minimum atomic E-state index is -0.236. The van der Waals surface area contributed by atoms with E-state index in [1.54, 1.807) is 11.3 Å². The zero-order chi connectivity index (χ0) is 10.1. The summed E-state index contributed by atoms with van der Waals surface area (Å²) in [5.41, 5.74) is 1.13. The van der Waals surface area contributed by atoms with Crippen LogP contribution in [0.5, 0.6) is 0 Å². The summed E-state index contributed by atoms with van der Waals surface area (Å²) in [5.74, 6) is 0.496. The lowest BCUT2D eigenvalue weighted by molar-refractivity contribution is 0.111. The predicted molar refractivity (Wildman–Crippen MR) is 63.7 cm³/mol. The SMILES string of the molecule is Cc1sc(Br)cc1C(O)C1CCCC1. The molecule has 1 aliphatic carbocycles. The van der Waals surface area contributed by atoms with Crippen LogP contribution in [0, 0.1) is 12.8 Å². The summed E-state index contributed by atoms with van der Waals surface area (Å²) in [6, 6.07) is 2.07. The van der Waals surface area contributed by atoms with Crippen LogP contribution in [0.2, 0.25) is 0 Å². The normalized spacial score (nSPS) is 20.2. The van der Waals surface area contributed by atoms with Crippen LogP contribution in [0.1, 0.15) is 42.2 Å². The standard InChI is InChI=1S/C11H15BrOS/c1-7-9(6-10(12)14-7)11(13)8-4-2-3-5-8/h6,8,11,13H,2-5H2,1H3. The minimum absolute atomic E-state index is 0.236. The van der Waals surface area contributed by atoms with Gasteiger partial charge in [0, 0.05) is 4.88 Å². The molecule has 0 saturated heterocycles. The summed E-state index contributed by atoms with van der Waals surface area (Å²) in [6.07, 6.45) is 4.71. The molecule has 1 nitrogen and oxygen atoms in total. The monoisotopic (exact) mass is 274 g/mol. The Morgan fingerprint density at radius 2 is 2.14 bits per heavy atom. The molecule has 1 aromatic heterocycles. The van der Waals surface area contributed by atoms with Gasteiger partial charge >= 0.3 is 0 Å². The molecule has 0 spiro atoms. The fourth-order valence-electron chi connectivity index (χ4n) is 2.28. The van der Waals surface area contributed by atoms with Crippen molar-refractivity contribution in [3.63, 3.8) is 0 Å². The van der Waals surface area contributed by atoms with E-state index in [4.69, 9.17) is 0 Å². The van der Waals surface area contributed by atoms with Gasteiger partial charge < -0.3 is 5.11 Å². The smallest absolute Gasteiger partial charge is 0.0829 e. The van der Waals surface area contributed by atoms with Gasteiger partial charge in [-0.05, 0) is 53.2 Å². The van der Waals surface area contributed by atoms with E-state index < -0.39 is 0 Å². The largest absolute Gasteiger partial charge is 0.388 e. The van der Waals surface area contributed by atoms with Gasteiger partial charge in [0.05, 0.1) is 9.89 Å². The van der Waals surface area contributed by atoms with Crippen LogP contribution in [0.15, 0.2) is 9.85 Å². The van der Waals surface area contributed by atoms with E-state index in [1.807, 2.05) is 0 Å². The zero-order valence-electron chi connectivity index (χ0n) is 8.29. The number of aryl methyl sites for hydroxylation is 1. The fourth-order valence-corrected chi connectivity index (χ4v) is 4.03. The molecule has 0 aromatic carbocycles. The van der Waals surface area contributed by atoms with Crippen molar-refractivity contribution < 1.29 is 5.11 Å². The summed E-state index contributed by atoms with van der Waals surface area (Å²) in [7, 11) is 0. The molecule has 78 valence electrons. The summed E-state index contributed by atoms with van der Waals surface area (Å²) in [4.78, 5) is 1.25. The highest BCUT2D eigenvalue weighted by molar-refractivity contribution is 9.11. The molecule has 1 unspecified atom stereocenters. The van der Waals surface area contributed by atoms with Crippen molar-refractivity contribution in [1.82, 2.24) is 0 Å². The Morgan fingerprint density at radius 3 is 2.64 bits per heavy atom. The highest BCUT2D eigenvalue weighted by Gasteiger charge is 2.26. The molecule has 1 heterocycles. The lowest BCUT2D eigenvalue weighted by atomic mass is 9.95. The maximum absolute atomic E-state index is 10.2. The third-order valence-corrected chi connectivity index (χ3v) is 4.66. The van der Waals surface area contributed by atoms with E-state index in [2.05, 4.69) is 28.9 Å². The van der Waals surface area contributed by atoms with Crippen LogP contribution >= 0.6 is 27.3 Å². The third-order valence-electron chi connectivity index (χ3n) is 3.09. The Labute approximate surface area is 97.3 Å². The molecular formula is C11H15BrOS. The van der Waals surface area contributed by atoms with Gasteiger partial charge in [-0.2, -0.15) is 0 Å². The van der Waals surface area contributed by atoms with Crippen molar-refractivity contribution in [1.29, 1.82) is 0 Å². The van der Waals surface area contributed by atoms with Crippen molar-refractivity contribution in [2.45, 2.75) is 38.7 Å². The Bertz CT molecular complexity index is 315. The first-order chi connectivity index (χ1) is 6.68. The maximum Gasteiger partial charge on any atom is 0.0829 e. The molecule has 1 aromatic rings. The number of hydrogen-bond donors (Lipinski definition) is 1. The average Bonchev–Trinajstić information content (AvgIpc) is 2.73. The molecule has 2 rings (SSSR count). The molecule has 0 aliphatic heterocycles. The number of hydrogen-bond acceptors (Lipinski definition) is 2. The van der Waals surface area contributed by atoms with Crippen LogP contribution in [-0.2, 0) is 0 Å². The Morgan fingerprint density at radius 1 is 1.50 bits per heavy atom. The van der Waals surface area contributed by atoms with Crippen LogP contribution in [0.25, 0.3) is 0 Å². The molecule has 0 bridgehead atoms. The van der Waals surface area contributed by atoms with E-state index in [9.17, 15) is 5.11 Å². The van der Waals surface area contributed by atoms with Crippen molar-refractivity contribution in [3.05, 3.63) is 20.3 Å². The fraction of sp³-hybridized carbons (Fsp3) is 0.636. The Hall–Kier alpha value is 0.140. The number of thiophene rings is 1. The topological polar surface area (TPSA) is 20.2 Å². The molecule has 1 aliphatic rings. The number of rotatable bonds is 2. The van der Waals surface area contributed by atoms with Crippen molar-refractivity contribution >= 4 is 27.3 Å². The quantitative estimate of drug-likeness (QED) is 0.863. The zero-order valence-corrected chi connectivity index (χ0v) is 10.7. The molecule has 1 atom stereocenters. The first-order valence-electron chi connectivity index (χ1n) is 5.12. The van der Waals surface area contributed by atoms with Gasteiger partial charge in [-0.25, -0.2) is 0 Å². The molecule has 0 amide bonds. The first-order valence-corrected chi connectivity index (χ1v) is 6.73. The lowest BCUT2D eigenvalue weighted by Gasteiger charge is -2.17. The van der Waals surface area contributed by atoms with Crippen molar-refractivity contribution in [2.75, 3.05) is 0 Å². The van der Waals surface area contributed by atoms with Crippen LogP contribution in [0.3, 0.4) is 0 Å². The van der Waals surface area contributed by atoms with E-state index in [0.717, 1.165) is 9.35 Å². The van der Waals surface area contributed by atoms with Crippen molar-refractivity contribution in [2.24, 2.45) is 5.92 Å². The highest BCUT2D eigenvalue weighted by atomic mass is 79.9. The van der Waals surface area contributed by atoms with Crippen molar-refractivity contribution in [3.8, 4) is 0 Å². The maximum atomic E-state index is 10.2. The Kier molecular flexibility index (Phi) is 3.30. The highest BCUT2D eigenvalue weighted by Crippen LogP contribution is 2.39. The van der Waals surface area contributed by atoms with Crippen LogP contribution < -0.4 is 0 Å². The van der Waals surface area contributed by atoms with Gasteiger partial charge in [0.25, 0.3) is 0 Å². The minimum Gasteiger partial charge on any atom is -0.388 e. The second-order valence-corrected chi connectivity index (χ2v) is 6.69. The second-order valence-electron chi connectivity index (χ2n) is 4.05. The summed E-state index contributed by atoms with van der Waals surface area (Å²) < 4.78 is 1.13.